The number of hydrogen-bond acceptors (Lipinski definition) is 4. The molecule has 5 nitrogen and oxygen atoms in total. The lowest BCUT2D eigenvalue weighted by atomic mass is 10.2. The Hall–Kier alpha value is -3.54. The normalized spacial score (nSPS) is 10.6. The summed E-state index contributed by atoms with van der Waals surface area (Å²) in [6.45, 7) is 0. The lowest BCUT2D eigenvalue weighted by Gasteiger charge is -2.08. The third kappa shape index (κ3) is 3.37. The fourth-order valence-corrected chi connectivity index (χ4v) is 2.41. The standard InChI is InChI=1S/C19H13FN4O/c20-15-8-16(10-18(9-15)25-17-4-3-6-21-12-17)24-13-14(11-23-24)19-5-1-2-7-22-19/h1-13H. The van der Waals surface area contributed by atoms with Crippen LogP contribution >= 0.6 is 0 Å². The van der Waals surface area contributed by atoms with E-state index in [0.717, 1.165) is 11.3 Å². The Bertz CT molecular complexity index is 987. The Morgan fingerprint density at radius 1 is 0.920 bits per heavy atom. The maximum Gasteiger partial charge on any atom is 0.145 e. The SMILES string of the molecule is Fc1cc(Oc2cccnc2)cc(-n2cc(-c3ccccn3)cn2)c1. The second-order valence-electron chi connectivity index (χ2n) is 5.32. The molecule has 0 amide bonds. The zero-order valence-electron chi connectivity index (χ0n) is 13.1. The first-order valence-corrected chi connectivity index (χ1v) is 7.63. The van der Waals surface area contributed by atoms with E-state index in [4.69, 9.17) is 4.74 Å². The van der Waals surface area contributed by atoms with Gasteiger partial charge in [-0.05, 0) is 30.3 Å². The van der Waals surface area contributed by atoms with Crippen LogP contribution in [0.25, 0.3) is 16.9 Å². The highest BCUT2D eigenvalue weighted by atomic mass is 19.1. The molecule has 25 heavy (non-hydrogen) atoms. The van der Waals surface area contributed by atoms with Crippen molar-refractivity contribution in [3.63, 3.8) is 0 Å². The van der Waals surface area contributed by atoms with Crippen molar-refractivity contribution in [2.75, 3.05) is 0 Å². The molecule has 0 unspecified atom stereocenters. The highest BCUT2D eigenvalue weighted by Gasteiger charge is 2.08. The van der Waals surface area contributed by atoms with Crippen LogP contribution in [-0.2, 0) is 0 Å². The number of aromatic nitrogens is 4. The maximum atomic E-state index is 14.0. The van der Waals surface area contributed by atoms with Gasteiger partial charge < -0.3 is 4.74 Å². The van der Waals surface area contributed by atoms with Crippen molar-refractivity contribution in [1.82, 2.24) is 19.7 Å². The topological polar surface area (TPSA) is 52.8 Å². The highest BCUT2D eigenvalue weighted by molar-refractivity contribution is 5.57. The molecule has 0 bridgehead atoms. The molecule has 3 heterocycles. The van der Waals surface area contributed by atoms with Crippen LogP contribution in [0.15, 0.2) is 79.5 Å². The second kappa shape index (κ2) is 6.52. The number of nitrogens with zero attached hydrogens (tertiary/aromatic N) is 4. The average molecular weight is 332 g/mol. The summed E-state index contributed by atoms with van der Waals surface area (Å²) in [6, 6.07) is 13.6. The summed E-state index contributed by atoms with van der Waals surface area (Å²) >= 11 is 0. The molecule has 0 saturated heterocycles. The van der Waals surface area contributed by atoms with Gasteiger partial charge in [-0.15, -0.1) is 0 Å². The fourth-order valence-electron chi connectivity index (χ4n) is 2.41. The van der Waals surface area contributed by atoms with Gasteiger partial charge in [0, 0.05) is 36.3 Å². The summed E-state index contributed by atoms with van der Waals surface area (Å²) in [7, 11) is 0. The fraction of sp³-hybridized carbons (Fsp3) is 0. The van der Waals surface area contributed by atoms with E-state index in [1.165, 1.54) is 12.1 Å². The van der Waals surface area contributed by atoms with Crippen LogP contribution in [0.5, 0.6) is 11.5 Å². The van der Waals surface area contributed by atoms with Gasteiger partial charge in [0.05, 0.1) is 23.8 Å². The number of benzene rings is 1. The van der Waals surface area contributed by atoms with E-state index < -0.39 is 5.82 Å². The van der Waals surface area contributed by atoms with E-state index in [2.05, 4.69) is 15.1 Å². The molecule has 0 aliphatic carbocycles. The third-order valence-electron chi connectivity index (χ3n) is 3.53. The van der Waals surface area contributed by atoms with E-state index in [1.54, 1.807) is 53.9 Å². The second-order valence-corrected chi connectivity index (χ2v) is 5.32. The number of rotatable bonds is 4. The number of pyridine rings is 2. The predicted octanol–water partition coefficient (Wildman–Crippen LogP) is 4.26. The molecule has 0 saturated carbocycles. The van der Waals surface area contributed by atoms with Crippen LogP contribution in [0, 0.1) is 5.82 Å². The summed E-state index contributed by atoms with van der Waals surface area (Å²) in [5, 5.41) is 4.29. The molecule has 0 N–H and O–H groups in total. The monoisotopic (exact) mass is 332 g/mol. The molecule has 122 valence electrons. The molecule has 0 atom stereocenters. The molecule has 4 rings (SSSR count). The Morgan fingerprint density at radius 3 is 2.68 bits per heavy atom. The quantitative estimate of drug-likeness (QED) is 0.560. The van der Waals surface area contributed by atoms with Gasteiger partial charge in [0.2, 0.25) is 0 Å². The molecule has 0 radical (unpaired) electrons. The molecule has 0 aliphatic rings. The first-order valence-electron chi connectivity index (χ1n) is 7.63. The Morgan fingerprint density at radius 2 is 1.88 bits per heavy atom. The van der Waals surface area contributed by atoms with Gasteiger partial charge in [0.15, 0.2) is 0 Å². The van der Waals surface area contributed by atoms with Crippen LogP contribution in [-0.4, -0.2) is 19.7 Å². The van der Waals surface area contributed by atoms with Gasteiger partial charge in [-0.3, -0.25) is 9.97 Å². The van der Waals surface area contributed by atoms with Gasteiger partial charge in [-0.1, -0.05) is 6.07 Å². The minimum absolute atomic E-state index is 0.373. The molecule has 0 aliphatic heterocycles. The molecular formula is C19H13FN4O. The molecule has 6 heteroatoms. The van der Waals surface area contributed by atoms with Crippen LogP contribution in [0.2, 0.25) is 0 Å². The number of hydrogen-bond donors (Lipinski definition) is 0. The first kappa shape index (κ1) is 15.0. The third-order valence-corrected chi connectivity index (χ3v) is 3.53. The molecule has 4 aromatic rings. The largest absolute Gasteiger partial charge is 0.456 e. The first-order chi connectivity index (χ1) is 12.3. The van der Waals surface area contributed by atoms with Gasteiger partial charge in [0.1, 0.15) is 17.3 Å². The summed E-state index contributed by atoms with van der Waals surface area (Å²) in [5.41, 5.74) is 2.21. The summed E-state index contributed by atoms with van der Waals surface area (Å²) in [4.78, 5) is 8.27. The van der Waals surface area contributed by atoms with Crippen LogP contribution in [0.3, 0.4) is 0 Å². The minimum Gasteiger partial charge on any atom is -0.456 e. The van der Waals surface area contributed by atoms with E-state index >= 15 is 0 Å². The molecule has 3 aromatic heterocycles. The van der Waals surface area contributed by atoms with Gasteiger partial charge >= 0.3 is 0 Å². The predicted molar refractivity (Wildman–Crippen MR) is 91.1 cm³/mol. The Labute approximate surface area is 143 Å². The minimum atomic E-state index is -0.411. The zero-order chi connectivity index (χ0) is 17.1. The molecular weight excluding hydrogens is 319 g/mol. The van der Waals surface area contributed by atoms with Crippen LogP contribution in [0.4, 0.5) is 4.39 Å². The smallest absolute Gasteiger partial charge is 0.145 e. The molecule has 1 aromatic carbocycles. The Kier molecular flexibility index (Phi) is 3.92. The van der Waals surface area contributed by atoms with Gasteiger partial charge in [-0.25, -0.2) is 9.07 Å². The van der Waals surface area contributed by atoms with Crippen molar-refractivity contribution < 1.29 is 9.13 Å². The van der Waals surface area contributed by atoms with E-state index in [-0.39, 0.29) is 0 Å². The van der Waals surface area contributed by atoms with Gasteiger partial charge in [-0.2, -0.15) is 5.10 Å². The van der Waals surface area contributed by atoms with Crippen LogP contribution < -0.4 is 4.74 Å². The maximum absolute atomic E-state index is 14.0. The summed E-state index contributed by atoms with van der Waals surface area (Å²) < 4.78 is 21.2. The number of ether oxygens (including phenoxy) is 1. The number of halogens is 1. The van der Waals surface area contributed by atoms with Crippen molar-refractivity contribution in [1.29, 1.82) is 0 Å². The van der Waals surface area contributed by atoms with E-state index in [0.29, 0.717) is 17.2 Å². The Balaban J connectivity index is 1.66. The van der Waals surface area contributed by atoms with Gasteiger partial charge in [0.25, 0.3) is 0 Å². The zero-order valence-corrected chi connectivity index (χ0v) is 13.1. The summed E-state index contributed by atoms with van der Waals surface area (Å²) in [6.07, 6.45) is 8.42. The molecule has 0 spiro atoms. The molecule has 0 fully saturated rings. The summed E-state index contributed by atoms with van der Waals surface area (Å²) in [5.74, 6) is 0.498. The van der Waals surface area contributed by atoms with Crippen molar-refractivity contribution >= 4 is 0 Å². The van der Waals surface area contributed by atoms with Crippen molar-refractivity contribution in [2.45, 2.75) is 0 Å². The van der Waals surface area contributed by atoms with Crippen molar-refractivity contribution in [2.24, 2.45) is 0 Å². The lowest BCUT2D eigenvalue weighted by Crippen LogP contribution is -1.96. The highest BCUT2D eigenvalue weighted by Crippen LogP contribution is 2.25. The average Bonchev–Trinajstić information content (AvgIpc) is 3.13. The van der Waals surface area contributed by atoms with E-state index in [9.17, 15) is 4.39 Å². The van der Waals surface area contributed by atoms with Crippen molar-refractivity contribution in [3.8, 4) is 28.4 Å². The van der Waals surface area contributed by atoms with E-state index in [1.807, 2.05) is 18.2 Å². The van der Waals surface area contributed by atoms with Crippen LogP contribution in [0.1, 0.15) is 0 Å². The lowest BCUT2D eigenvalue weighted by molar-refractivity contribution is 0.474. The van der Waals surface area contributed by atoms with Crippen molar-refractivity contribution in [3.05, 3.63) is 85.3 Å².